The van der Waals surface area contributed by atoms with E-state index in [1.165, 1.54) is 0 Å². The van der Waals surface area contributed by atoms with Crippen LogP contribution in [-0.4, -0.2) is 54.4 Å². The molecule has 6 nitrogen and oxygen atoms in total. The Morgan fingerprint density at radius 3 is 2.79 bits per heavy atom. The van der Waals surface area contributed by atoms with Crippen molar-refractivity contribution in [2.45, 2.75) is 32.8 Å². The number of rotatable bonds is 3. The van der Waals surface area contributed by atoms with Crippen LogP contribution in [0.4, 0.5) is 4.79 Å². The summed E-state index contributed by atoms with van der Waals surface area (Å²) in [5.74, 6) is -0.474. The molecule has 2 heterocycles. The fourth-order valence-electron chi connectivity index (χ4n) is 2.68. The van der Waals surface area contributed by atoms with E-state index in [1.807, 2.05) is 6.92 Å². The molecule has 0 aromatic rings. The van der Waals surface area contributed by atoms with Gasteiger partial charge in [0.05, 0.1) is 11.5 Å². The number of amides is 2. The fourth-order valence-corrected chi connectivity index (χ4v) is 2.68. The Balaban J connectivity index is 1.80. The average Bonchev–Trinajstić information content (AvgIpc) is 2.94. The number of hydrogen-bond donors (Lipinski definition) is 2. The molecule has 2 rings (SSSR count). The van der Waals surface area contributed by atoms with Crippen molar-refractivity contribution in [1.82, 2.24) is 10.2 Å². The Morgan fingerprint density at radius 1 is 1.53 bits per heavy atom. The highest BCUT2D eigenvalue weighted by atomic mass is 16.5. The van der Waals surface area contributed by atoms with Gasteiger partial charge in [0.15, 0.2) is 0 Å². The topological polar surface area (TPSA) is 78.9 Å². The number of aliphatic carboxylic acids is 1. The van der Waals surface area contributed by atoms with E-state index in [9.17, 15) is 9.59 Å². The van der Waals surface area contributed by atoms with E-state index in [4.69, 9.17) is 9.84 Å². The summed E-state index contributed by atoms with van der Waals surface area (Å²) in [5, 5.41) is 12.0. The summed E-state index contributed by atoms with van der Waals surface area (Å²) >= 11 is 0. The average molecular weight is 270 g/mol. The summed E-state index contributed by atoms with van der Waals surface area (Å²) < 4.78 is 5.45. The third-order valence-corrected chi connectivity index (χ3v) is 4.33. The summed E-state index contributed by atoms with van der Waals surface area (Å²) in [4.78, 5) is 24.7. The largest absolute Gasteiger partial charge is 0.481 e. The van der Waals surface area contributed by atoms with Crippen LogP contribution in [0, 0.1) is 11.3 Å². The molecule has 0 aromatic heterocycles. The summed E-state index contributed by atoms with van der Waals surface area (Å²) in [6.45, 7) is 5.84. The van der Waals surface area contributed by atoms with Gasteiger partial charge in [0.2, 0.25) is 0 Å². The van der Waals surface area contributed by atoms with E-state index < -0.39 is 11.4 Å². The SMILES string of the molecule is CC1OCCC1CNC(=O)N1CCC(C)(C(=O)O)C1. The van der Waals surface area contributed by atoms with Gasteiger partial charge in [0.1, 0.15) is 0 Å². The van der Waals surface area contributed by atoms with Crippen molar-refractivity contribution in [3.05, 3.63) is 0 Å². The van der Waals surface area contributed by atoms with Crippen molar-refractivity contribution >= 4 is 12.0 Å². The predicted octanol–water partition coefficient (Wildman–Crippen LogP) is 0.918. The number of carboxylic acids is 1. The molecule has 2 fully saturated rings. The first-order valence-electron chi connectivity index (χ1n) is 6.80. The first kappa shape index (κ1) is 14.1. The second-order valence-corrected chi connectivity index (χ2v) is 5.85. The molecule has 2 aliphatic rings. The number of ether oxygens (including phenoxy) is 1. The Bertz CT molecular complexity index is 374. The predicted molar refractivity (Wildman–Crippen MR) is 68.9 cm³/mol. The van der Waals surface area contributed by atoms with E-state index in [1.54, 1.807) is 11.8 Å². The van der Waals surface area contributed by atoms with Gasteiger partial charge in [-0.3, -0.25) is 4.79 Å². The van der Waals surface area contributed by atoms with Crippen LogP contribution in [0.2, 0.25) is 0 Å². The van der Waals surface area contributed by atoms with Crippen LogP contribution in [0.15, 0.2) is 0 Å². The maximum absolute atomic E-state index is 12.0. The number of nitrogens with one attached hydrogen (secondary N) is 1. The lowest BCUT2D eigenvalue weighted by Crippen LogP contribution is -2.43. The van der Waals surface area contributed by atoms with Gasteiger partial charge in [0, 0.05) is 32.2 Å². The molecule has 3 unspecified atom stereocenters. The maximum Gasteiger partial charge on any atom is 0.317 e. The van der Waals surface area contributed by atoms with Crippen LogP contribution in [-0.2, 0) is 9.53 Å². The lowest BCUT2D eigenvalue weighted by Gasteiger charge is -2.22. The van der Waals surface area contributed by atoms with Crippen LogP contribution < -0.4 is 5.32 Å². The zero-order valence-corrected chi connectivity index (χ0v) is 11.5. The number of hydrogen-bond acceptors (Lipinski definition) is 3. The molecule has 2 amide bonds. The van der Waals surface area contributed by atoms with Crippen LogP contribution in [0.5, 0.6) is 0 Å². The molecule has 2 N–H and O–H groups in total. The monoisotopic (exact) mass is 270 g/mol. The summed E-state index contributed by atoms with van der Waals surface area (Å²) in [5.41, 5.74) is -0.804. The Kier molecular flexibility index (Phi) is 3.99. The second-order valence-electron chi connectivity index (χ2n) is 5.85. The molecule has 2 aliphatic heterocycles. The van der Waals surface area contributed by atoms with Crippen molar-refractivity contribution in [2.75, 3.05) is 26.2 Å². The van der Waals surface area contributed by atoms with Crippen molar-refractivity contribution in [3.63, 3.8) is 0 Å². The first-order chi connectivity index (χ1) is 8.92. The molecular weight excluding hydrogens is 248 g/mol. The smallest absolute Gasteiger partial charge is 0.317 e. The van der Waals surface area contributed by atoms with Crippen LogP contribution >= 0.6 is 0 Å². The minimum absolute atomic E-state index is 0.163. The molecule has 108 valence electrons. The highest BCUT2D eigenvalue weighted by Gasteiger charge is 2.42. The van der Waals surface area contributed by atoms with Gasteiger partial charge >= 0.3 is 12.0 Å². The molecule has 0 aromatic carbocycles. The minimum atomic E-state index is -0.833. The third kappa shape index (κ3) is 3.00. The zero-order valence-electron chi connectivity index (χ0n) is 11.5. The maximum atomic E-state index is 12.0. The van der Waals surface area contributed by atoms with Crippen LogP contribution in [0.25, 0.3) is 0 Å². The molecule has 6 heteroatoms. The number of carbonyl (C=O) groups is 2. The van der Waals surface area contributed by atoms with Gasteiger partial charge in [0.25, 0.3) is 0 Å². The third-order valence-electron chi connectivity index (χ3n) is 4.33. The molecular formula is C13H22N2O4. The highest BCUT2D eigenvalue weighted by Crippen LogP contribution is 2.30. The Hall–Kier alpha value is -1.30. The van der Waals surface area contributed by atoms with Crippen molar-refractivity contribution in [1.29, 1.82) is 0 Å². The highest BCUT2D eigenvalue weighted by molar-refractivity contribution is 5.79. The number of likely N-dealkylation sites (tertiary alicyclic amines) is 1. The first-order valence-corrected chi connectivity index (χ1v) is 6.80. The normalized spacial score (nSPS) is 34.5. The number of carbonyl (C=O) groups excluding carboxylic acids is 1. The molecule has 0 bridgehead atoms. The number of carboxylic acid groups (broad SMARTS) is 1. The standard InChI is InChI=1S/C13H22N2O4/c1-9-10(3-6-19-9)7-14-12(18)15-5-4-13(2,8-15)11(16)17/h9-10H,3-8H2,1-2H3,(H,14,18)(H,16,17). The van der Waals surface area contributed by atoms with Crippen molar-refractivity contribution < 1.29 is 19.4 Å². The van der Waals surface area contributed by atoms with E-state index in [2.05, 4.69) is 5.32 Å². The van der Waals surface area contributed by atoms with E-state index >= 15 is 0 Å². The fraction of sp³-hybridized carbons (Fsp3) is 0.846. The van der Waals surface area contributed by atoms with Gasteiger partial charge < -0.3 is 20.1 Å². The van der Waals surface area contributed by atoms with Gasteiger partial charge in [-0.1, -0.05) is 0 Å². The quantitative estimate of drug-likeness (QED) is 0.799. The Labute approximate surface area is 113 Å². The molecule has 0 saturated carbocycles. The summed E-state index contributed by atoms with van der Waals surface area (Å²) in [7, 11) is 0. The van der Waals surface area contributed by atoms with Crippen molar-refractivity contribution in [2.24, 2.45) is 11.3 Å². The summed E-state index contributed by atoms with van der Waals surface area (Å²) in [6, 6.07) is -0.163. The van der Waals surface area contributed by atoms with Crippen LogP contribution in [0.1, 0.15) is 26.7 Å². The molecule has 19 heavy (non-hydrogen) atoms. The molecule has 2 saturated heterocycles. The van der Waals surface area contributed by atoms with Gasteiger partial charge in [-0.05, 0) is 26.7 Å². The van der Waals surface area contributed by atoms with Gasteiger partial charge in [-0.25, -0.2) is 4.79 Å². The van der Waals surface area contributed by atoms with E-state index in [0.29, 0.717) is 25.4 Å². The number of nitrogens with zero attached hydrogens (tertiary/aromatic N) is 1. The molecule has 3 atom stereocenters. The Morgan fingerprint density at radius 2 is 2.26 bits per heavy atom. The lowest BCUT2D eigenvalue weighted by atomic mass is 9.90. The van der Waals surface area contributed by atoms with E-state index in [-0.39, 0.29) is 18.7 Å². The van der Waals surface area contributed by atoms with Crippen molar-refractivity contribution in [3.8, 4) is 0 Å². The zero-order chi connectivity index (χ0) is 14.0. The van der Waals surface area contributed by atoms with Gasteiger partial charge in [-0.2, -0.15) is 0 Å². The lowest BCUT2D eigenvalue weighted by molar-refractivity contribution is -0.146. The van der Waals surface area contributed by atoms with Crippen LogP contribution in [0.3, 0.4) is 0 Å². The summed E-state index contributed by atoms with van der Waals surface area (Å²) in [6.07, 6.45) is 1.66. The minimum Gasteiger partial charge on any atom is -0.481 e. The van der Waals surface area contributed by atoms with Gasteiger partial charge in [-0.15, -0.1) is 0 Å². The van der Waals surface area contributed by atoms with E-state index in [0.717, 1.165) is 13.0 Å². The molecule has 0 aliphatic carbocycles. The molecule has 0 radical (unpaired) electrons. The molecule has 0 spiro atoms. The number of urea groups is 1. The second kappa shape index (κ2) is 5.36.